The van der Waals surface area contributed by atoms with Gasteiger partial charge in [0, 0.05) is 23.5 Å². The highest BCUT2D eigenvalue weighted by atomic mass is 16.4. The number of carboxylic acid groups (broad SMARTS) is 1. The lowest BCUT2D eigenvalue weighted by Gasteiger charge is -2.05. The van der Waals surface area contributed by atoms with E-state index < -0.39 is 12.0 Å². The van der Waals surface area contributed by atoms with Crippen LogP contribution in [0.2, 0.25) is 0 Å². The molecule has 0 saturated carbocycles. The van der Waals surface area contributed by atoms with E-state index >= 15 is 0 Å². The molecule has 2 rings (SSSR count). The van der Waals surface area contributed by atoms with Crippen LogP contribution in [0, 0.1) is 0 Å². The Hall–Kier alpha value is -2.07. The molecule has 0 radical (unpaired) electrons. The van der Waals surface area contributed by atoms with Crippen molar-refractivity contribution in [2.24, 2.45) is 5.73 Å². The number of carbonyl (C=O) groups is 1. The number of allylic oxidation sites excluding steroid dienone is 2. The summed E-state index contributed by atoms with van der Waals surface area (Å²) in [6, 6.07) is 5.35. The number of aliphatic carboxylic acids is 1. The highest BCUT2D eigenvalue weighted by molar-refractivity contribution is 5.85. The van der Waals surface area contributed by atoms with Crippen molar-refractivity contribution in [1.29, 1.82) is 0 Å². The summed E-state index contributed by atoms with van der Waals surface area (Å²) in [7, 11) is 0. The van der Waals surface area contributed by atoms with Gasteiger partial charge in [-0.3, -0.25) is 4.79 Å². The number of aromatic nitrogens is 1. The lowest BCUT2D eigenvalue weighted by atomic mass is 10.0. The average molecular weight is 272 g/mol. The van der Waals surface area contributed by atoms with Crippen LogP contribution in [0.3, 0.4) is 0 Å². The van der Waals surface area contributed by atoms with Crippen molar-refractivity contribution >= 4 is 16.9 Å². The van der Waals surface area contributed by atoms with Gasteiger partial charge < -0.3 is 15.8 Å². The Morgan fingerprint density at radius 3 is 2.85 bits per heavy atom. The topological polar surface area (TPSA) is 79.1 Å². The van der Waals surface area contributed by atoms with Crippen molar-refractivity contribution in [3.05, 3.63) is 47.2 Å². The van der Waals surface area contributed by atoms with Crippen molar-refractivity contribution in [3.63, 3.8) is 0 Å². The number of carboxylic acids is 1. The predicted octanol–water partition coefficient (Wildman–Crippen LogP) is 2.63. The van der Waals surface area contributed by atoms with E-state index in [-0.39, 0.29) is 0 Å². The zero-order valence-electron chi connectivity index (χ0n) is 11.8. The summed E-state index contributed by atoms with van der Waals surface area (Å²) in [4.78, 5) is 14.0. The molecule has 0 aliphatic carbocycles. The average Bonchev–Trinajstić information content (AvgIpc) is 2.78. The summed E-state index contributed by atoms with van der Waals surface area (Å²) in [5, 5.41) is 9.92. The van der Waals surface area contributed by atoms with E-state index in [9.17, 15) is 4.79 Å². The van der Waals surface area contributed by atoms with Gasteiger partial charge in [0.15, 0.2) is 0 Å². The normalized spacial score (nSPS) is 12.3. The van der Waals surface area contributed by atoms with Crippen molar-refractivity contribution in [2.45, 2.75) is 32.7 Å². The third-order valence-corrected chi connectivity index (χ3v) is 3.33. The summed E-state index contributed by atoms with van der Waals surface area (Å²) < 4.78 is 0. The molecule has 4 nitrogen and oxygen atoms in total. The minimum atomic E-state index is -0.973. The second-order valence-electron chi connectivity index (χ2n) is 5.33. The van der Waals surface area contributed by atoms with Gasteiger partial charge >= 0.3 is 5.97 Å². The Balaban J connectivity index is 2.24. The Morgan fingerprint density at radius 1 is 1.45 bits per heavy atom. The fraction of sp³-hybridized carbons (Fsp3) is 0.312. The minimum absolute atomic E-state index is 0.336. The Kier molecular flexibility index (Phi) is 4.25. The zero-order valence-corrected chi connectivity index (χ0v) is 11.8. The van der Waals surface area contributed by atoms with E-state index in [0.717, 1.165) is 22.9 Å². The molecule has 0 fully saturated rings. The summed E-state index contributed by atoms with van der Waals surface area (Å²) in [5.41, 5.74) is 10.1. The van der Waals surface area contributed by atoms with Crippen LogP contribution in [-0.4, -0.2) is 22.1 Å². The van der Waals surface area contributed by atoms with Crippen LogP contribution in [-0.2, 0) is 17.6 Å². The predicted molar refractivity (Wildman–Crippen MR) is 80.7 cm³/mol. The van der Waals surface area contributed by atoms with E-state index in [0.29, 0.717) is 6.42 Å². The Bertz CT molecular complexity index is 652. The molecule has 0 amide bonds. The van der Waals surface area contributed by atoms with Crippen LogP contribution >= 0.6 is 0 Å². The van der Waals surface area contributed by atoms with Crippen molar-refractivity contribution in [3.8, 4) is 0 Å². The monoisotopic (exact) mass is 272 g/mol. The van der Waals surface area contributed by atoms with Gasteiger partial charge in [0.1, 0.15) is 6.04 Å². The van der Waals surface area contributed by atoms with Gasteiger partial charge in [-0.1, -0.05) is 23.8 Å². The van der Waals surface area contributed by atoms with Gasteiger partial charge in [0.2, 0.25) is 0 Å². The molecule has 0 bridgehead atoms. The van der Waals surface area contributed by atoms with Crippen molar-refractivity contribution in [2.75, 3.05) is 0 Å². The van der Waals surface area contributed by atoms with E-state index in [4.69, 9.17) is 10.8 Å². The molecular weight excluding hydrogens is 252 g/mol. The Morgan fingerprint density at radius 2 is 2.20 bits per heavy atom. The fourth-order valence-electron chi connectivity index (χ4n) is 2.18. The number of rotatable bonds is 5. The van der Waals surface area contributed by atoms with Crippen molar-refractivity contribution < 1.29 is 9.90 Å². The van der Waals surface area contributed by atoms with E-state index in [2.05, 4.69) is 37.0 Å². The molecule has 0 aliphatic rings. The van der Waals surface area contributed by atoms with Crippen LogP contribution in [0.25, 0.3) is 10.9 Å². The third kappa shape index (κ3) is 3.27. The summed E-state index contributed by atoms with van der Waals surface area (Å²) in [6.07, 6.45) is 5.27. The maximum atomic E-state index is 10.8. The lowest BCUT2D eigenvalue weighted by molar-refractivity contribution is -0.138. The maximum absolute atomic E-state index is 10.8. The molecule has 4 N–H and O–H groups in total. The van der Waals surface area contributed by atoms with Crippen LogP contribution in [0.5, 0.6) is 0 Å². The molecule has 0 unspecified atom stereocenters. The number of hydrogen-bond acceptors (Lipinski definition) is 2. The molecule has 0 spiro atoms. The van der Waals surface area contributed by atoms with E-state index in [1.165, 1.54) is 11.1 Å². The minimum Gasteiger partial charge on any atom is -0.480 e. The first-order valence-electron chi connectivity index (χ1n) is 6.68. The Labute approximate surface area is 118 Å². The van der Waals surface area contributed by atoms with Crippen molar-refractivity contribution in [1.82, 2.24) is 4.98 Å². The number of aromatic amines is 1. The maximum Gasteiger partial charge on any atom is 0.320 e. The first-order chi connectivity index (χ1) is 9.47. The summed E-state index contributed by atoms with van der Waals surface area (Å²) >= 11 is 0. The van der Waals surface area contributed by atoms with Gasteiger partial charge in [0.05, 0.1) is 0 Å². The molecule has 1 aromatic carbocycles. The van der Waals surface area contributed by atoms with E-state index in [1.54, 1.807) is 0 Å². The van der Waals surface area contributed by atoms with Gasteiger partial charge in [0.25, 0.3) is 0 Å². The summed E-state index contributed by atoms with van der Waals surface area (Å²) in [6.45, 7) is 4.16. The van der Waals surface area contributed by atoms with Gasteiger partial charge in [-0.15, -0.1) is 0 Å². The van der Waals surface area contributed by atoms with Crippen LogP contribution < -0.4 is 5.73 Å². The third-order valence-electron chi connectivity index (χ3n) is 3.33. The quantitative estimate of drug-likeness (QED) is 0.732. The van der Waals surface area contributed by atoms with Crippen LogP contribution in [0.15, 0.2) is 36.0 Å². The van der Waals surface area contributed by atoms with Gasteiger partial charge in [-0.2, -0.15) is 0 Å². The fourth-order valence-corrected chi connectivity index (χ4v) is 2.18. The molecule has 1 aromatic heterocycles. The molecule has 1 heterocycles. The second kappa shape index (κ2) is 5.92. The highest BCUT2D eigenvalue weighted by Crippen LogP contribution is 2.21. The standard InChI is InChI=1S/C16H20N2O2/c1-10(2)3-4-11-5-6-13-12(8-14(17)16(19)20)9-18-15(13)7-11/h3,5-7,9,14,18H,4,8,17H2,1-2H3,(H,19,20)/t14-/m0/s1. The molecule has 20 heavy (non-hydrogen) atoms. The molecule has 1 atom stereocenters. The molecule has 106 valence electrons. The van der Waals surface area contributed by atoms with Crippen LogP contribution in [0.1, 0.15) is 25.0 Å². The zero-order chi connectivity index (χ0) is 14.7. The molecular formula is C16H20N2O2. The number of hydrogen-bond donors (Lipinski definition) is 3. The van der Waals surface area contributed by atoms with Gasteiger partial charge in [-0.05, 0) is 37.5 Å². The first-order valence-corrected chi connectivity index (χ1v) is 6.68. The second-order valence-corrected chi connectivity index (χ2v) is 5.33. The summed E-state index contributed by atoms with van der Waals surface area (Å²) in [5.74, 6) is -0.973. The molecule has 0 saturated heterocycles. The lowest BCUT2D eigenvalue weighted by Crippen LogP contribution is -2.32. The highest BCUT2D eigenvalue weighted by Gasteiger charge is 2.14. The number of nitrogens with one attached hydrogen (secondary N) is 1. The molecule has 0 aliphatic heterocycles. The SMILES string of the molecule is CC(C)=CCc1ccc2c(C[C@H](N)C(=O)O)c[nH]c2c1. The number of H-pyrrole nitrogens is 1. The van der Waals surface area contributed by atoms with Gasteiger partial charge in [-0.25, -0.2) is 0 Å². The number of nitrogens with two attached hydrogens (primary N) is 1. The van der Waals surface area contributed by atoms with E-state index in [1.807, 2.05) is 12.3 Å². The number of fused-ring (bicyclic) bond motifs is 1. The first kappa shape index (κ1) is 14.3. The molecule has 2 aromatic rings. The number of benzene rings is 1. The van der Waals surface area contributed by atoms with Crippen LogP contribution in [0.4, 0.5) is 0 Å². The largest absolute Gasteiger partial charge is 0.480 e. The smallest absolute Gasteiger partial charge is 0.320 e. The molecule has 4 heteroatoms.